The van der Waals surface area contributed by atoms with Gasteiger partial charge >= 0.3 is 0 Å². The van der Waals surface area contributed by atoms with Gasteiger partial charge in [-0.15, -0.1) is 0 Å². The molecule has 0 spiro atoms. The van der Waals surface area contributed by atoms with Crippen molar-refractivity contribution in [1.29, 1.82) is 0 Å². The summed E-state index contributed by atoms with van der Waals surface area (Å²) in [4.78, 5) is 0. The minimum Gasteiger partial charge on any atom is -0.493 e. The third-order valence-electron chi connectivity index (χ3n) is 1.31. The summed E-state index contributed by atoms with van der Waals surface area (Å²) in [6, 6.07) is 3.15. The Morgan fingerprint density at radius 2 is 1.38 bits per heavy atom. The van der Waals surface area contributed by atoms with Gasteiger partial charge in [0.15, 0.2) is 0 Å². The van der Waals surface area contributed by atoms with Crippen LogP contribution in [-0.2, 0) is 0 Å². The average molecular weight is 232 g/mol. The highest BCUT2D eigenvalue weighted by atomic mass is 19.1. The predicted octanol–water partition coefficient (Wildman–Crippen LogP) is 4.81. The van der Waals surface area contributed by atoms with Crippen molar-refractivity contribution in [3.8, 4) is 5.75 Å². The lowest BCUT2D eigenvalue weighted by Crippen LogP contribution is -1.95. The average Bonchev–Trinajstić information content (AvgIpc) is 2.30. The number of benzene rings is 1. The number of ether oxygens (including phenoxy) is 1. The summed E-state index contributed by atoms with van der Waals surface area (Å²) in [5.41, 5.74) is 0. The van der Waals surface area contributed by atoms with Gasteiger partial charge in [0.25, 0.3) is 0 Å². The van der Waals surface area contributed by atoms with E-state index in [0.29, 0.717) is 6.61 Å². The first-order valence-electron chi connectivity index (χ1n) is 5.81. The number of hydrogen-bond donors (Lipinski definition) is 0. The summed E-state index contributed by atoms with van der Waals surface area (Å²) < 4.78 is 30.1. The molecule has 3 heteroatoms. The Hall–Kier alpha value is -1.12. The van der Waals surface area contributed by atoms with E-state index in [9.17, 15) is 8.78 Å². The molecule has 0 fully saturated rings. The molecular weight excluding hydrogens is 210 g/mol. The Morgan fingerprint density at radius 1 is 0.938 bits per heavy atom. The molecule has 0 aliphatic carbocycles. The van der Waals surface area contributed by atoms with Crippen LogP contribution in [0, 0.1) is 11.6 Å². The van der Waals surface area contributed by atoms with Crippen molar-refractivity contribution in [2.75, 3.05) is 6.61 Å². The van der Waals surface area contributed by atoms with E-state index in [0.717, 1.165) is 12.5 Å². The summed E-state index contributed by atoms with van der Waals surface area (Å²) in [5.74, 6) is -0.975. The maximum atomic E-state index is 12.5. The van der Waals surface area contributed by atoms with Crippen molar-refractivity contribution in [3.63, 3.8) is 0 Å². The minimum atomic E-state index is -0.610. The third kappa shape index (κ3) is 8.21. The van der Waals surface area contributed by atoms with Gasteiger partial charge in [-0.1, -0.05) is 34.6 Å². The van der Waals surface area contributed by atoms with Gasteiger partial charge in [-0.3, -0.25) is 0 Å². The molecule has 0 saturated heterocycles. The fraction of sp³-hybridized carbons (Fsp3) is 0.538. The molecule has 0 unspecified atom stereocenters. The first-order valence-corrected chi connectivity index (χ1v) is 5.81. The molecule has 0 heterocycles. The van der Waals surface area contributed by atoms with Crippen molar-refractivity contribution in [3.05, 3.63) is 29.8 Å². The van der Waals surface area contributed by atoms with E-state index in [4.69, 9.17) is 4.74 Å². The lowest BCUT2D eigenvalue weighted by Gasteiger charge is -2.03. The van der Waals surface area contributed by atoms with Crippen molar-refractivity contribution in [2.45, 2.75) is 41.0 Å². The molecule has 94 valence electrons. The number of halogens is 2. The van der Waals surface area contributed by atoms with Crippen molar-refractivity contribution < 1.29 is 13.5 Å². The van der Waals surface area contributed by atoms with Gasteiger partial charge in [-0.05, 0) is 6.42 Å². The van der Waals surface area contributed by atoms with E-state index < -0.39 is 11.6 Å². The highest BCUT2D eigenvalue weighted by Gasteiger charge is 1.99. The fourth-order valence-corrected chi connectivity index (χ4v) is 0.832. The fourth-order valence-electron chi connectivity index (χ4n) is 0.832. The van der Waals surface area contributed by atoms with Crippen LogP contribution in [0.5, 0.6) is 5.75 Å². The molecule has 1 nitrogen and oxygen atoms in total. The Balaban J connectivity index is 0. The molecule has 0 aromatic heterocycles. The topological polar surface area (TPSA) is 9.23 Å². The van der Waals surface area contributed by atoms with Crippen LogP contribution < -0.4 is 4.74 Å². The monoisotopic (exact) mass is 232 g/mol. The summed E-state index contributed by atoms with van der Waals surface area (Å²) >= 11 is 0. The van der Waals surface area contributed by atoms with Crippen molar-refractivity contribution >= 4 is 0 Å². The molecule has 1 aromatic carbocycles. The van der Waals surface area contributed by atoms with E-state index in [1.165, 1.54) is 12.1 Å². The van der Waals surface area contributed by atoms with Gasteiger partial charge < -0.3 is 4.74 Å². The Bertz CT molecular complexity index is 242. The normalized spacial score (nSPS) is 8.19. The quantitative estimate of drug-likeness (QED) is 0.727. The maximum Gasteiger partial charge on any atom is 0.129 e. The van der Waals surface area contributed by atoms with Crippen LogP contribution in [0.2, 0.25) is 0 Å². The van der Waals surface area contributed by atoms with E-state index in [1.54, 1.807) is 0 Å². The molecule has 0 aliphatic heterocycles. The Kier molecular flexibility index (Phi) is 12.9. The second kappa shape index (κ2) is 12.0. The lowest BCUT2D eigenvalue weighted by atomic mass is 10.3. The zero-order valence-electron chi connectivity index (χ0n) is 10.8. The van der Waals surface area contributed by atoms with Gasteiger partial charge in [0.1, 0.15) is 17.4 Å². The molecule has 0 N–H and O–H groups in total. The van der Waals surface area contributed by atoms with E-state index in [-0.39, 0.29) is 5.75 Å². The van der Waals surface area contributed by atoms with E-state index in [2.05, 4.69) is 0 Å². The standard InChI is InChI=1S/C9H10F2O.2C2H6/c1-2-3-12-9-5-7(10)4-8(11)6-9;2*1-2/h4-6H,2-3H2,1H3;2*1-2H3. The smallest absolute Gasteiger partial charge is 0.129 e. The summed E-state index contributed by atoms with van der Waals surface area (Å²) in [5, 5.41) is 0. The van der Waals surface area contributed by atoms with Gasteiger partial charge in [0, 0.05) is 18.2 Å². The maximum absolute atomic E-state index is 12.5. The first-order chi connectivity index (χ1) is 7.72. The highest BCUT2D eigenvalue weighted by Crippen LogP contribution is 2.15. The molecule has 1 rings (SSSR count). The van der Waals surface area contributed by atoms with Crippen LogP contribution in [0.3, 0.4) is 0 Å². The second-order valence-electron chi connectivity index (χ2n) is 2.45. The first kappa shape index (κ1) is 17.3. The molecule has 0 saturated carbocycles. The van der Waals surface area contributed by atoms with Gasteiger partial charge in [0.2, 0.25) is 0 Å². The lowest BCUT2D eigenvalue weighted by molar-refractivity contribution is 0.314. The van der Waals surface area contributed by atoms with Crippen molar-refractivity contribution in [1.82, 2.24) is 0 Å². The second-order valence-corrected chi connectivity index (χ2v) is 2.45. The molecule has 1 aromatic rings. The van der Waals surface area contributed by atoms with Crippen LogP contribution >= 0.6 is 0 Å². The third-order valence-corrected chi connectivity index (χ3v) is 1.31. The zero-order valence-corrected chi connectivity index (χ0v) is 10.8. The van der Waals surface area contributed by atoms with Crippen LogP contribution in [0.4, 0.5) is 8.78 Å². The van der Waals surface area contributed by atoms with Gasteiger partial charge in [-0.2, -0.15) is 0 Å². The zero-order chi connectivity index (χ0) is 13.0. The van der Waals surface area contributed by atoms with E-state index >= 15 is 0 Å². The molecule has 0 radical (unpaired) electrons. The summed E-state index contributed by atoms with van der Waals surface area (Å²) in [7, 11) is 0. The largest absolute Gasteiger partial charge is 0.493 e. The number of hydrogen-bond acceptors (Lipinski definition) is 1. The molecule has 0 amide bonds. The highest BCUT2D eigenvalue weighted by molar-refractivity contribution is 5.23. The number of rotatable bonds is 3. The van der Waals surface area contributed by atoms with Gasteiger partial charge in [-0.25, -0.2) is 8.78 Å². The summed E-state index contributed by atoms with van der Waals surface area (Å²) in [6.45, 7) is 10.4. The molecule has 0 bridgehead atoms. The van der Waals surface area contributed by atoms with E-state index in [1.807, 2.05) is 34.6 Å². The predicted molar refractivity (Wildman–Crippen MR) is 64.8 cm³/mol. The molecule has 16 heavy (non-hydrogen) atoms. The van der Waals surface area contributed by atoms with Crippen LogP contribution in [-0.4, -0.2) is 6.61 Å². The Labute approximate surface area is 97.4 Å². The molecular formula is C13H22F2O. The molecule has 0 aliphatic rings. The Morgan fingerprint density at radius 3 is 1.75 bits per heavy atom. The SMILES string of the molecule is CC.CC.CCCOc1cc(F)cc(F)c1. The van der Waals surface area contributed by atoms with Crippen LogP contribution in [0.1, 0.15) is 41.0 Å². The van der Waals surface area contributed by atoms with Crippen molar-refractivity contribution in [2.24, 2.45) is 0 Å². The molecule has 0 atom stereocenters. The summed E-state index contributed by atoms with van der Waals surface area (Å²) in [6.07, 6.45) is 0.818. The minimum absolute atomic E-state index is 0.245. The van der Waals surface area contributed by atoms with Crippen LogP contribution in [0.15, 0.2) is 18.2 Å². The van der Waals surface area contributed by atoms with Crippen LogP contribution in [0.25, 0.3) is 0 Å². The van der Waals surface area contributed by atoms with Gasteiger partial charge in [0.05, 0.1) is 6.61 Å².